The highest BCUT2D eigenvalue weighted by Gasteiger charge is 2.17. The van der Waals surface area contributed by atoms with Gasteiger partial charge in [0.15, 0.2) is 0 Å². The number of nitrogens with two attached hydrogens (primary N) is 1. The SMILES string of the molecule is Cc1cc(C)n(-c2nnc(SCC(=O)NC(C)c3ccc(Br)cc3)n2N)n1. The highest BCUT2D eigenvalue weighted by atomic mass is 79.9. The molecule has 27 heavy (non-hydrogen) atoms. The molecule has 142 valence electrons. The molecule has 0 bridgehead atoms. The average molecular weight is 450 g/mol. The lowest BCUT2D eigenvalue weighted by atomic mass is 10.1. The molecule has 0 fully saturated rings. The van der Waals surface area contributed by atoms with Crippen LogP contribution in [-0.2, 0) is 4.79 Å². The van der Waals surface area contributed by atoms with Crippen molar-refractivity contribution >= 4 is 33.6 Å². The smallest absolute Gasteiger partial charge is 0.271 e. The van der Waals surface area contributed by atoms with Crippen molar-refractivity contribution in [3.8, 4) is 5.95 Å². The Kier molecular flexibility index (Phi) is 5.85. The van der Waals surface area contributed by atoms with E-state index in [0.29, 0.717) is 11.1 Å². The Morgan fingerprint density at radius 1 is 1.30 bits per heavy atom. The van der Waals surface area contributed by atoms with E-state index in [-0.39, 0.29) is 17.7 Å². The van der Waals surface area contributed by atoms with Gasteiger partial charge in [-0.15, -0.1) is 10.2 Å². The number of benzene rings is 1. The van der Waals surface area contributed by atoms with Crippen LogP contribution in [0.2, 0.25) is 0 Å². The summed E-state index contributed by atoms with van der Waals surface area (Å²) >= 11 is 4.63. The van der Waals surface area contributed by atoms with Gasteiger partial charge in [-0.2, -0.15) is 5.10 Å². The van der Waals surface area contributed by atoms with Crippen LogP contribution in [0.4, 0.5) is 0 Å². The zero-order valence-electron chi connectivity index (χ0n) is 15.2. The van der Waals surface area contributed by atoms with Crippen molar-refractivity contribution in [1.29, 1.82) is 0 Å². The fourth-order valence-electron chi connectivity index (χ4n) is 2.59. The van der Waals surface area contributed by atoms with Crippen molar-refractivity contribution < 1.29 is 4.79 Å². The summed E-state index contributed by atoms with van der Waals surface area (Å²) < 4.78 is 3.97. The first-order valence-electron chi connectivity index (χ1n) is 8.27. The van der Waals surface area contributed by atoms with Gasteiger partial charge in [-0.1, -0.05) is 39.8 Å². The Morgan fingerprint density at radius 3 is 2.63 bits per heavy atom. The molecule has 0 aliphatic rings. The number of halogens is 1. The molecular formula is C17H20BrN7OS. The maximum atomic E-state index is 12.3. The van der Waals surface area contributed by atoms with Gasteiger partial charge in [0, 0.05) is 10.2 Å². The molecule has 0 spiro atoms. The standard InChI is InChI=1S/C17H20BrN7OS/c1-10-8-11(2)25(23-10)16-21-22-17(24(16)19)27-9-15(26)20-12(3)13-4-6-14(18)7-5-13/h4-8,12H,9,19H2,1-3H3,(H,20,26). The molecule has 2 aromatic heterocycles. The largest absolute Gasteiger partial charge is 0.349 e. The highest BCUT2D eigenvalue weighted by Crippen LogP contribution is 2.19. The van der Waals surface area contributed by atoms with E-state index < -0.39 is 0 Å². The summed E-state index contributed by atoms with van der Waals surface area (Å²) in [5, 5.41) is 15.9. The molecule has 1 atom stereocenters. The second-order valence-electron chi connectivity index (χ2n) is 6.12. The van der Waals surface area contributed by atoms with Crippen molar-refractivity contribution in [3.63, 3.8) is 0 Å². The fourth-order valence-corrected chi connectivity index (χ4v) is 3.52. The molecule has 0 aliphatic carbocycles. The Morgan fingerprint density at radius 2 is 2.00 bits per heavy atom. The summed E-state index contributed by atoms with van der Waals surface area (Å²) in [5.41, 5.74) is 2.81. The first kappa shape index (κ1) is 19.4. The third-order valence-corrected chi connectivity index (χ3v) is 5.40. The Hall–Kier alpha value is -2.33. The quantitative estimate of drug-likeness (QED) is 0.442. The maximum Gasteiger partial charge on any atom is 0.271 e. The zero-order chi connectivity index (χ0) is 19.6. The molecule has 3 rings (SSSR count). The van der Waals surface area contributed by atoms with E-state index in [1.54, 1.807) is 4.68 Å². The number of nitrogens with one attached hydrogen (secondary N) is 1. The average Bonchev–Trinajstić information content (AvgIpc) is 3.14. The summed E-state index contributed by atoms with van der Waals surface area (Å²) in [6.45, 7) is 5.75. The van der Waals surface area contributed by atoms with E-state index in [0.717, 1.165) is 21.4 Å². The Bertz CT molecular complexity index is 951. The number of hydrogen-bond donors (Lipinski definition) is 2. The van der Waals surface area contributed by atoms with Crippen LogP contribution >= 0.6 is 27.7 Å². The summed E-state index contributed by atoms with van der Waals surface area (Å²) in [5.74, 6) is 6.57. The molecule has 10 heteroatoms. The maximum absolute atomic E-state index is 12.3. The van der Waals surface area contributed by atoms with Crippen LogP contribution in [0.1, 0.15) is 29.9 Å². The van der Waals surface area contributed by atoms with Gasteiger partial charge in [-0.25, -0.2) is 9.36 Å². The topological polar surface area (TPSA) is 104 Å². The molecule has 0 saturated heterocycles. The minimum absolute atomic E-state index is 0.0905. The third-order valence-electron chi connectivity index (χ3n) is 3.93. The number of aryl methyl sites for hydroxylation is 2. The third kappa shape index (κ3) is 4.51. The van der Waals surface area contributed by atoms with Gasteiger partial charge in [0.1, 0.15) is 0 Å². The summed E-state index contributed by atoms with van der Waals surface area (Å²) in [4.78, 5) is 12.3. The van der Waals surface area contributed by atoms with Crippen molar-refractivity contribution in [2.45, 2.75) is 32.0 Å². The van der Waals surface area contributed by atoms with Crippen molar-refractivity contribution in [3.05, 3.63) is 51.8 Å². The molecule has 1 unspecified atom stereocenters. The molecule has 3 aromatic rings. The number of nitrogens with zero attached hydrogens (tertiary/aromatic N) is 5. The van der Waals surface area contributed by atoms with E-state index in [1.807, 2.05) is 51.1 Å². The first-order valence-corrected chi connectivity index (χ1v) is 10.0. The molecule has 1 aromatic carbocycles. The number of aromatic nitrogens is 5. The minimum Gasteiger partial charge on any atom is -0.349 e. The Balaban J connectivity index is 1.61. The molecule has 0 aliphatic heterocycles. The summed E-state index contributed by atoms with van der Waals surface area (Å²) in [7, 11) is 0. The molecule has 0 saturated carbocycles. The number of thioether (sulfide) groups is 1. The predicted molar refractivity (Wildman–Crippen MR) is 108 cm³/mol. The number of hydrogen-bond acceptors (Lipinski definition) is 6. The van der Waals surface area contributed by atoms with Crippen LogP contribution in [0.15, 0.2) is 40.0 Å². The molecule has 0 radical (unpaired) electrons. The van der Waals surface area contributed by atoms with Gasteiger partial charge < -0.3 is 11.2 Å². The van der Waals surface area contributed by atoms with Crippen LogP contribution in [-0.4, -0.2) is 36.3 Å². The van der Waals surface area contributed by atoms with E-state index >= 15 is 0 Å². The molecule has 2 heterocycles. The predicted octanol–water partition coefficient (Wildman–Crippen LogP) is 2.53. The lowest BCUT2D eigenvalue weighted by molar-refractivity contribution is -0.119. The van der Waals surface area contributed by atoms with E-state index in [1.165, 1.54) is 16.4 Å². The lowest BCUT2D eigenvalue weighted by Gasteiger charge is -2.14. The van der Waals surface area contributed by atoms with Crippen LogP contribution in [0.3, 0.4) is 0 Å². The number of amides is 1. The van der Waals surface area contributed by atoms with Gasteiger partial charge >= 0.3 is 0 Å². The molecule has 1 amide bonds. The van der Waals surface area contributed by atoms with Crippen LogP contribution < -0.4 is 11.2 Å². The Labute approximate surface area is 169 Å². The number of rotatable bonds is 6. The zero-order valence-corrected chi connectivity index (χ0v) is 17.6. The molecule has 8 nitrogen and oxygen atoms in total. The monoisotopic (exact) mass is 449 g/mol. The molecule has 3 N–H and O–H groups in total. The van der Waals surface area contributed by atoms with E-state index in [9.17, 15) is 4.79 Å². The van der Waals surface area contributed by atoms with E-state index in [2.05, 4.69) is 36.5 Å². The van der Waals surface area contributed by atoms with Crippen LogP contribution in [0.5, 0.6) is 0 Å². The lowest BCUT2D eigenvalue weighted by Crippen LogP contribution is -2.28. The normalized spacial score (nSPS) is 12.1. The minimum atomic E-state index is -0.105. The number of nitrogen functional groups attached to an aromatic ring is 1. The van der Waals surface area contributed by atoms with E-state index in [4.69, 9.17) is 5.84 Å². The molecular weight excluding hydrogens is 430 g/mol. The van der Waals surface area contributed by atoms with Gasteiger partial charge in [-0.05, 0) is 44.5 Å². The van der Waals surface area contributed by atoms with Gasteiger partial charge in [-0.3, -0.25) is 4.79 Å². The first-order chi connectivity index (χ1) is 12.8. The van der Waals surface area contributed by atoms with Crippen molar-refractivity contribution in [1.82, 2.24) is 30.0 Å². The van der Waals surface area contributed by atoms with Crippen LogP contribution in [0.25, 0.3) is 5.95 Å². The van der Waals surface area contributed by atoms with Gasteiger partial charge in [0.2, 0.25) is 11.1 Å². The van der Waals surface area contributed by atoms with Gasteiger partial charge in [0.25, 0.3) is 5.95 Å². The second kappa shape index (κ2) is 8.13. The van der Waals surface area contributed by atoms with Gasteiger partial charge in [0.05, 0.1) is 17.5 Å². The van der Waals surface area contributed by atoms with Crippen LogP contribution in [0, 0.1) is 13.8 Å². The summed E-state index contributed by atoms with van der Waals surface area (Å²) in [6.07, 6.45) is 0. The second-order valence-corrected chi connectivity index (χ2v) is 7.98. The van der Waals surface area contributed by atoms with Crippen molar-refractivity contribution in [2.75, 3.05) is 11.6 Å². The fraction of sp³-hybridized carbons (Fsp3) is 0.294. The summed E-state index contributed by atoms with van der Waals surface area (Å²) in [6, 6.07) is 9.68. The number of carbonyl (C=O) groups excluding carboxylic acids is 1. The highest BCUT2D eigenvalue weighted by molar-refractivity contribution is 9.10. The number of carbonyl (C=O) groups is 1. The van der Waals surface area contributed by atoms with Crippen molar-refractivity contribution in [2.24, 2.45) is 0 Å².